The molecule has 0 spiro atoms. The quantitative estimate of drug-likeness (QED) is 0.541. The normalized spacial score (nSPS) is 11.2. The predicted molar refractivity (Wildman–Crippen MR) is 59.8 cm³/mol. The zero-order valence-electron chi connectivity index (χ0n) is 9.42. The summed E-state index contributed by atoms with van der Waals surface area (Å²) in [5.74, 6) is -0.852. The van der Waals surface area contributed by atoms with Gasteiger partial charge in [-0.15, -0.1) is 10.2 Å². The molecule has 7 heteroatoms. The maximum Gasteiger partial charge on any atom is 0.356 e. The van der Waals surface area contributed by atoms with Crippen LogP contribution in [0.15, 0.2) is 12.1 Å². The van der Waals surface area contributed by atoms with Gasteiger partial charge in [0.15, 0.2) is 5.69 Å². The van der Waals surface area contributed by atoms with E-state index in [1.54, 1.807) is 6.92 Å². The van der Waals surface area contributed by atoms with Crippen LogP contribution >= 0.6 is 0 Å². The van der Waals surface area contributed by atoms with E-state index in [1.165, 1.54) is 12.1 Å². The third-order valence-corrected chi connectivity index (χ3v) is 2.56. The molecular weight excluding hydrogens is 226 g/mol. The summed E-state index contributed by atoms with van der Waals surface area (Å²) in [5, 5.41) is 37.1. The summed E-state index contributed by atoms with van der Waals surface area (Å²) in [5.41, 5.74) is -1.04. The maximum atomic E-state index is 10.6. The van der Waals surface area contributed by atoms with Gasteiger partial charge < -0.3 is 20.6 Å². The number of carbonyl (C=O) groups is 1. The Balaban J connectivity index is 2.84. The van der Waals surface area contributed by atoms with Gasteiger partial charge in [0.25, 0.3) is 0 Å². The van der Waals surface area contributed by atoms with Crippen molar-refractivity contribution in [1.82, 2.24) is 10.2 Å². The number of nitrogens with one attached hydrogen (secondary N) is 1. The number of carboxylic acid groups (broad SMARTS) is 1. The molecule has 17 heavy (non-hydrogen) atoms. The fourth-order valence-corrected chi connectivity index (χ4v) is 1.23. The molecule has 1 heterocycles. The largest absolute Gasteiger partial charge is 0.476 e. The van der Waals surface area contributed by atoms with Crippen LogP contribution < -0.4 is 5.32 Å². The van der Waals surface area contributed by atoms with Gasteiger partial charge in [-0.2, -0.15) is 0 Å². The molecule has 0 unspecified atom stereocenters. The number of hydrogen-bond acceptors (Lipinski definition) is 6. The first kappa shape index (κ1) is 13.3. The van der Waals surface area contributed by atoms with E-state index < -0.39 is 11.5 Å². The molecule has 7 nitrogen and oxygen atoms in total. The molecule has 1 aromatic heterocycles. The second-order valence-corrected chi connectivity index (χ2v) is 3.68. The van der Waals surface area contributed by atoms with Gasteiger partial charge in [0.05, 0.1) is 18.8 Å². The third kappa shape index (κ3) is 3.11. The van der Waals surface area contributed by atoms with Gasteiger partial charge in [-0.1, -0.05) is 6.92 Å². The molecule has 0 aliphatic heterocycles. The molecule has 1 rings (SSSR count). The van der Waals surface area contributed by atoms with Gasteiger partial charge in [-0.05, 0) is 18.6 Å². The average Bonchev–Trinajstić information content (AvgIpc) is 2.37. The van der Waals surface area contributed by atoms with Crippen molar-refractivity contribution >= 4 is 11.8 Å². The molecule has 0 fully saturated rings. The predicted octanol–water partition coefficient (Wildman–Crippen LogP) is -0.280. The SMILES string of the molecule is CCC(CO)(CO)Nc1ccc(C(=O)O)nn1. The Labute approximate surface area is 98.1 Å². The molecule has 0 aromatic carbocycles. The van der Waals surface area contributed by atoms with Crippen molar-refractivity contribution in [1.29, 1.82) is 0 Å². The zero-order valence-corrected chi connectivity index (χ0v) is 9.42. The van der Waals surface area contributed by atoms with E-state index in [-0.39, 0.29) is 18.9 Å². The average molecular weight is 241 g/mol. The van der Waals surface area contributed by atoms with Crippen LogP contribution in [-0.2, 0) is 0 Å². The van der Waals surface area contributed by atoms with Crippen LogP contribution in [0.1, 0.15) is 23.8 Å². The molecule has 0 bridgehead atoms. The van der Waals surface area contributed by atoms with Crippen LogP contribution in [0.4, 0.5) is 5.82 Å². The number of nitrogens with zero attached hydrogens (tertiary/aromatic N) is 2. The Morgan fingerprint density at radius 2 is 2.00 bits per heavy atom. The molecular formula is C10H15N3O4. The Hall–Kier alpha value is -1.73. The highest BCUT2D eigenvalue weighted by molar-refractivity contribution is 5.85. The van der Waals surface area contributed by atoms with Crippen LogP contribution in [0.25, 0.3) is 0 Å². The summed E-state index contributed by atoms with van der Waals surface area (Å²) in [6, 6.07) is 2.74. The summed E-state index contributed by atoms with van der Waals surface area (Å²) in [6.07, 6.45) is 0.488. The van der Waals surface area contributed by atoms with Gasteiger partial charge in [-0.25, -0.2) is 4.79 Å². The molecule has 0 aliphatic rings. The highest BCUT2D eigenvalue weighted by atomic mass is 16.4. The number of aliphatic hydroxyl groups excluding tert-OH is 2. The van der Waals surface area contributed by atoms with Crippen LogP contribution in [0, 0.1) is 0 Å². The molecule has 4 N–H and O–H groups in total. The van der Waals surface area contributed by atoms with E-state index in [2.05, 4.69) is 15.5 Å². The van der Waals surface area contributed by atoms with Crippen LogP contribution in [0.5, 0.6) is 0 Å². The fraction of sp³-hybridized carbons (Fsp3) is 0.500. The summed E-state index contributed by atoms with van der Waals surface area (Å²) < 4.78 is 0. The number of carboxylic acids is 1. The summed E-state index contributed by atoms with van der Waals surface area (Å²) >= 11 is 0. The van der Waals surface area contributed by atoms with Crippen LogP contribution in [0.2, 0.25) is 0 Å². The topological polar surface area (TPSA) is 116 Å². The van der Waals surface area contributed by atoms with E-state index >= 15 is 0 Å². The van der Waals surface area contributed by atoms with Crippen LogP contribution in [-0.4, -0.2) is 50.2 Å². The van der Waals surface area contributed by atoms with Crippen molar-refractivity contribution < 1.29 is 20.1 Å². The van der Waals surface area contributed by atoms with Gasteiger partial charge in [0.2, 0.25) is 0 Å². The Morgan fingerprint density at radius 3 is 2.35 bits per heavy atom. The first-order valence-electron chi connectivity index (χ1n) is 5.14. The summed E-state index contributed by atoms with van der Waals surface area (Å²) in [4.78, 5) is 10.6. The Kier molecular flexibility index (Phi) is 4.36. The van der Waals surface area contributed by atoms with E-state index in [0.717, 1.165) is 0 Å². The van der Waals surface area contributed by atoms with Crippen molar-refractivity contribution in [3.63, 3.8) is 0 Å². The van der Waals surface area contributed by atoms with E-state index in [0.29, 0.717) is 12.2 Å². The van der Waals surface area contributed by atoms with Gasteiger partial charge in [0, 0.05) is 0 Å². The molecule has 0 saturated carbocycles. The minimum Gasteiger partial charge on any atom is -0.476 e. The van der Waals surface area contributed by atoms with Crippen molar-refractivity contribution in [3.8, 4) is 0 Å². The molecule has 0 radical (unpaired) electrons. The fourth-order valence-electron chi connectivity index (χ4n) is 1.23. The Morgan fingerprint density at radius 1 is 1.35 bits per heavy atom. The minimum atomic E-state index is -1.16. The molecule has 94 valence electrons. The minimum absolute atomic E-state index is 0.161. The third-order valence-electron chi connectivity index (χ3n) is 2.56. The number of aromatic carboxylic acids is 1. The number of aromatic nitrogens is 2. The highest BCUT2D eigenvalue weighted by Gasteiger charge is 2.26. The maximum absolute atomic E-state index is 10.6. The Bertz CT molecular complexity index is 367. The van der Waals surface area contributed by atoms with Crippen molar-refractivity contribution in [2.24, 2.45) is 0 Å². The van der Waals surface area contributed by atoms with E-state index in [1.807, 2.05) is 0 Å². The van der Waals surface area contributed by atoms with E-state index in [4.69, 9.17) is 5.11 Å². The molecule has 0 amide bonds. The first-order chi connectivity index (χ1) is 8.06. The van der Waals surface area contributed by atoms with Crippen molar-refractivity contribution in [2.45, 2.75) is 18.9 Å². The first-order valence-corrected chi connectivity index (χ1v) is 5.14. The number of anilines is 1. The number of rotatable bonds is 6. The van der Waals surface area contributed by atoms with Gasteiger partial charge in [-0.3, -0.25) is 0 Å². The number of hydrogen-bond donors (Lipinski definition) is 4. The molecule has 1 aromatic rings. The summed E-state index contributed by atoms with van der Waals surface area (Å²) in [7, 11) is 0. The highest BCUT2D eigenvalue weighted by Crippen LogP contribution is 2.15. The lowest BCUT2D eigenvalue weighted by Gasteiger charge is -2.29. The van der Waals surface area contributed by atoms with Crippen molar-refractivity contribution in [2.75, 3.05) is 18.5 Å². The standard InChI is InChI=1S/C10H15N3O4/c1-2-10(5-14,6-15)11-8-4-3-7(9(16)17)12-13-8/h3-4,14-15H,2,5-6H2,1H3,(H,11,13)(H,16,17). The zero-order chi connectivity index (χ0) is 12.9. The van der Waals surface area contributed by atoms with Gasteiger partial charge in [0.1, 0.15) is 5.82 Å². The lowest BCUT2D eigenvalue weighted by molar-refractivity contribution is 0.0689. The molecule has 0 atom stereocenters. The monoisotopic (exact) mass is 241 g/mol. The second kappa shape index (κ2) is 5.55. The smallest absolute Gasteiger partial charge is 0.356 e. The van der Waals surface area contributed by atoms with Crippen molar-refractivity contribution in [3.05, 3.63) is 17.8 Å². The number of aliphatic hydroxyl groups is 2. The lowest BCUT2D eigenvalue weighted by atomic mass is 9.98. The lowest BCUT2D eigenvalue weighted by Crippen LogP contribution is -2.45. The summed E-state index contributed by atoms with van der Waals surface area (Å²) in [6.45, 7) is 1.28. The van der Waals surface area contributed by atoms with Crippen LogP contribution in [0.3, 0.4) is 0 Å². The van der Waals surface area contributed by atoms with Gasteiger partial charge >= 0.3 is 5.97 Å². The van der Waals surface area contributed by atoms with E-state index in [9.17, 15) is 15.0 Å². The molecule has 0 aliphatic carbocycles. The molecule has 0 saturated heterocycles. The second-order valence-electron chi connectivity index (χ2n) is 3.68.